The summed E-state index contributed by atoms with van der Waals surface area (Å²) in [6.07, 6.45) is 0.717. The molecule has 1 aliphatic carbocycles. The van der Waals surface area contributed by atoms with Gasteiger partial charge in [-0.3, -0.25) is 4.79 Å². The van der Waals surface area contributed by atoms with E-state index >= 15 is 0 Å². The molecule has 1 aromatic carbocycles. The maximum atomic E-state index is 13.3. The van der Waals surface area contributed by atoms with Crippen LogP contribution >= 0.6 is 0 Å². The van der Waals surface area contributed by atoms with Crippen LogP contribution in [0.1, 0.15) is 43.5 Å². The molecule has 0 amide bonds. The van der Waals surface area contributed by atoms with E-state index in [9.17, 15) is 19.4 Å². The standard InChI is InChI=1S/C13H15FO3/c1-8(14)10-7-9(3-4-11(10)15)13(12(16)17)5-2-6-13/h3-4,7-8,15H,2,5-6H2,1H3,(H,16,17). The summed E-state index contributed by atoms with van der Waals surface area (Å²) < 4.78 is 13.3. The molecule has 0 radical (unpaired) electrons. The summed E-state index contributed by atoms with van der Waals surface area (Å²) in [7, 11) is 0. The first-order valence-corrected chi connectivity index (χ1v) is 5.68. The van der Waals surface area contributed by atoms with Crippen LogP contribution in [0, 0.1) is 0 Å². The Kier molecular flexibility index (Phi) is 2.81. The van der Waals surface area contributed by atoms with Crippen LogP contribution in [0.4, 0.5) is 4.39 Å². The van der Waals surface area contributed by atoms with Crippen molar-refractivity contribution in [1.82, 2.24) is 0 Å². The Labute approximate surface area is 98.9 Å². The van der Waals surface area contributed by atoms with Gasteiger partial charge in [0.15, 0.2) is 0 Å². The van der Waals surface area contributed by atoms with E-state index in [1.54, 1.807) is 6.07 Å². The summed E-state index contributed by atoms with van der Waals surface area (Å²) in [6, 6.07) is 4.44. The predicted octanol–water partition coefficient (Wildman–Crippen LogP) is 2.93. The second-order valence-electron chi connectivity index (χ2n) is 4.63. The zero-order valence-electron chi connectivity index (χ0n) is 9.61. The Hall–Kier alpha value is -1.58. The number of rotatable bonds is 3. The molecule has 0 aromatic heterocycles. The van der Waals surface area contributed by atoms with E-state index in [2.05, 4.69) is 0 Å². The minimum absolute atomic E-state index is 0.122. The molecular formula is C13H15FO3. The molecule has 0 heterocycles. The number of carbonyl (C=O) groups is 1. The van der Waals surface area contributed by atoms with Crippen LogP contribution in [-0.4, -0.2) is 16.2 Å². The van der Waals surface area contributed by atoms with E-state index in [0.717, 1.165) is 6.42 Å². The Balaban J connectivity index is 2.46. The minimum Gasteiger partial charge on any atom is -0.508 e. The van der Waals surface area contributed by atoms with Crippen molar-refractivity contribution < 1.29 is 19.4 Å². The van der Waals surface area contributed by atoms with E-state index < -0.39 is 17.6 Å². The van der Waals surface area contributed by atoms with Gasteiger partial charge in [0.2, 0.25) is 0 Å². The lowest BCUT2D eigenvalue weighted by molar-refractivity contribution is -0.147. The highest BCUT2D eigenvalue weighted by molar-refractivity contribution is 5.82. The molecule has 4 heteroatoms. The quantitative estimate of drug-likeness (QED) is 0.851. The first-order chi connectivity index (χ1) is 7.97. The average Bonchev–Trinajstić information content (AvgIpc) is 2.17. The van der Waals surface area contributed by atoms with Crippen molar-refractivity contribution in [2.45, 2.75) is 37.8 Å². The highest BCUT2D eigenvalue weighted by Gasteiger charge is 2.46. The number of halogens is 1. The molecular weight excluding hydrogens is 223 g/mol. The number of hydrogen-bond donors (Lipinski definition) is 2. The van der Waals surface area contributed by atoms with Crippen molar-refractivity contribution in [3.63, 3.8) is 0 Å². The maximum absolute atomic E-state index is 13.3. The third-order valence-electron chi connectivity index (χ3n) is 3.63. The molecule has 92 valence electrons. The summed E-state index contributed by atoms with van der Waals surface area (Å²) in [5, 5.41) is 18.8. The molecule has 2 rings (SSSR count). The van der Waals surface area contributed by atoms with Gasteiger partial charge < -0.3 is 10.2 Å². The fourth-order valence-corrected chi connectivity index (χ4v) is 2.33. The molecule has 17 heavy (non-hydrogen) atoms. The zero-order valence-corrected chi connectivity index (χ0v) is 9.61. The van der Waals surface area contributed by atoms with Crippen LogP contribution in [0.15, 0.2) is 18.2 Å². The number of hydrogen-bond acceptors (Lipinski definition) is 2. The number of alkyl halides is 1. The fraction of sp³-hybridized carbons (Fsp3) is 0.462. The minimum atomic E-state index is -1.30. The van der Waals surface area contributed by atoms with E-state index in [0.29, 0.717) is 18.4 Å². The van der Waals surface area contributed by atoms with Gasteiger partial charge in [-0.05, 0) is 37.5 Å². The molecule has 0 aliphatic heterocycles. The highest BCUT2D eigenvalue weighted by Crippen LogP contribution is 2.45. The Bertz CT molecular complexity index is 450. The van der Waals surface area contributed by atoms with Crippen molar-refractivity contribution in [3.05, 3.63) is 29.3 Å². The molecule has 1 atom stereocenters. The second-order valence-corrected chi connectivity index (χ2v) is 4.63. The summed E-state index contributed by atoms with van der Waals surface area (Å²) in [5.74, 6) is -0.990. The van der Waals surface area contributed by atoms with Crippen molar-refractivity contribution in [3.8, 4) is 5.75 Å². The maximum Gasteiger partial charge on any atom is 0.314 e. The largest absolute Gasteiger partial charge is 0.508 e. The van der Waals surface area contributed by atoms with E-state index in [4.69, 9.17) is 0 Å². The van der Waals surface area contributed by atoms with E-state index in [-0.39, 0.29) is 11.3 Å². The summed E-state index contributed by atoms with van der Waals surface area (Å²) in [5.41, 5.74) is -0.124. The molecule has 2 N–H and O–H groups in total. The first-order valence-electron chi connectivity index (χ1n) is 5.68. The smallest absolute Gasteiger partial charge is 0.314 e. The lowest BCUT2D eigenvalue weighted by atomic mass is 9.64. The number of phenols is 1. The number of carboxylic acids is 1. The molecule has 1 aromatic rings. The molecule has 0 bridgehead atoms. The zero-order chi connectivity index (χ0) is 12.6. The van der Waals surface area contributed by atoms with Gasteiger partial charge in [-0.1, -0.05) is 12.5 Å². The Morgan fingerprint density at radius 1 is 1.47 bits per heavy atom. The van der Waals surface area contributed by atoms with Gasteiger partial charge in [0.1, 0.15) is 11.9 Å². The number of carboxylic acid groups (broad SMARTS) is 1. The molecule has 1 fully saturated rings. The van der Waals surface area contributed by atoms with Crippen LogP contribution in [0.3, 0.4) is 0 Å². The molecule has 0 saturated heterocycles. The highest BCUT2D eigenvalue weighted by atomic mass is 19.1. The number of phenolic OH excluding ortho intramolecular Hbond substituents is 1. The van der Waals surface area contributed by atoms with Gasteiger partial charge in [-0.2, -0.15) is 0 Å². The van der Waals surface area contributed by atoms with Crippen molar-refractivity contribution >= 4 is 5.97 Å². The van der Waals surface area contributed by atoms with Gasteiger partial charge >= 0.3 is 5.97 Å². The van der Waals surface area contributed by atoms with Crippen LogP contribution in [0.5, 0.6) is 5.75 Å². The number of benzene rings is 1. The van der Waals surface area contributed by atoms with E-state index in [1.165, 1.54) is 19.1 Å². The topological polar surface area (TPSA) is 57.5 Å². The third-order valence-corrected chi connectivity index (χ3v) is 3.63. The lowest BCUT2D eigenvalue weighted by Gasteiger charge is -2.38. The summed E-state index contributed by atoms with van der Waals surface area (Å²) in [6.45, 7) is 1.33. The van der Waals surface area contributed by atoms with E-state index in [1.807, 2.05) is 0 Å². The second kappa shape index (κ2) is 4.02. The predicted molar refractivity (Wildman–Crippen MR) is 60.8 cm³/mol. The van der Waals surface area contributed by atoms with Crippen molar-refractivity contribution in [2.75, 3.05) is 0 Å². The lowest BCUT2D eigenvalue weighted by Crippen LogP contribution is -2.42. The SMILES string of the molecule is CC(F)c1cc(C2(C(=O)O)CCC2)ccc1O. The normalized spacial score (nSPS) is 19.4. The molecule has 3 nitrogen and oxygen atoms in total. The van der Waals surface area contributed by atoms with Gasteiger partial charge in [0.05, 0.1) is 5.41 Å². The van der Waals surface area contributed by atoms with Gasteiger partial charge in [0.25, 0.3) is 0 Å². The van der Waals surface area contributed by atoms with Gasteiger partial charge in [0, 0.05) is 5.56 Å². The van der Waals surface area contributed by atoms with Gasteiger partial charge in [-0.15, -0.1) is 0 Å². The van der Waals surface area contributed by atoms with Crippen LogP contribution in [0.2, 0.25) is 0 Å². The van der Waals surface area contributed by atoms with Crippen LogP contribution in [0.25, 0.3) is 0 Å². The Morgan fingerprint density at radius 2 is 2.12 bits per heavy atom. The molecule has 1 saturated carbocycles. The summed E-state index contributed by atoms with van der Waals surface area (Å²) >= 11 is 0. The van der Waals surface area contributed by atoms with Crippen molar-refractivity contribution in [2.24, 2.45) is 0 Å². The molecule has 1 unspecified atom stereocenters. The van der Waals surface area contributed by atoms with Crippen LogP contribution in [-0.2, 0) is 10.2 Å². The van der Waals surface area contributed by atoms with Crippen molar-refractivity contribution in [1.29, 1.82) is 0 Å². The average molecular weight is 238 g/mol. The summed E-state index contributed by atoms with van der Waals surface area (Å²) in [4.78, 5) is 11.3. The molecule has 1 aliphatic rings. The third kappa shape index (κ3) is 1.77. The monoisotopic (exact) mass is 238 g/mol. The first kappa shape index (κ1) is 11.9. The Morgan fingerprint density at radius 3 is 2.53 bits per heavy atom. The fourth-order valence-electron chi connectivity index (χ4n) is 2.33. The molecule has 0 spiro atoms. The van der Waals surface area contributed by atoms with Crippen LogP contribution < -0.4 is 0 Å². The number of aromatic hydroxyl groups is 1. The number of aliphatic carboxylic acids is 1. The van der Waals surface area contributed by atoms with Gasteiger partial charge in [-0.25, -0.2) is 4.39 Å².